The van der Waals surface area contributed by atoms with Crippen LogP contribution in [0.1, 0.15) is 5.56 Å². The first-order valence-corrected chi connectivity index (χ1v) is 9.77. The molecular weight excluding hydrogens is 389 g/mol. The molecule has 2 heterocycles. The minimum absolute atomic E-state index is 0.0625. The Kier molecular flexibility index (Phi) is 5.39. The SMILES string of the molecule is CN1C(=O)[C@H]2CN(C(=O)Oc3ccc(F)cc3)CCN2C(=O)[C@@H]1Cc1ccccc1. The first-order chi connectivity index (χ1) is 14.4. The highest BCUT2D eigenvalue weighted by molar-refractivity contribution is 5.97. The number of nitrogens with zero attached hydrogens (tertiary/aromatic N) is 3. The predicted molar refractivity (Wildman–Crippen MR) is 106 cm³/mol. The van der Waals surface area contributed by atoms with Crippen molar-refractivity contribution in [2.75, 3.05) is 26.7 Å². The normalized spacial score (nSPS) is 21.5. The number of halogens is 1. The Morgan fingerprint density at radius 3 is 2.43 bits per heavy atom. The van der Waals surface area contributed by atoms with Crippen LogP contribution in [0.5, 0.6) is 5.75 Å². The number of hydrogen-bond donors (Lipinski definition) is 0. The van der Waals surface area contributed by atoms with Crippen LogP contribution in [0.3, 0.4) is 0 Å². The van der Waals surface area contributed by atoms with Gasteiger partial charge in [-0.05, 0) is 29.8 Å². The topological polar surface area (TPSA) is 70.2 Å². The van der Waals surface area contributed by atoms with Crippen molar-refractivity contribution in [1.82, 2.24) is 14.7 Å². The van der Waals surface area contributed by atoms with E-state index in [0.29, 0.717) is 6.42 Å². The molecule has 0 aromatic heterocycles. The first kappa shape index (κ1) is 19.9. The van der Waals surface area contributed by atoms with Gasteiger partial charge in [0.1, 0.15) is 23.7 Å². The van der Waals surface area contributed by atoms with Crippen molar-refractivity contribution >= 4 is 17.9 Å². The third-order valence-electron chi connectivity index (χ3n) is 5.60. The Morgan fingerprint density at radius 1 is 1.03 bits per heavy atom. The lowest BCUT2D eigenvalue weighted by molar-refractivity contribution is -0.163. The van der Waals surface area contributed by atoms with Gasteiger partial charge in [-0.3, -0.25) is 9.59 Å². The molecule has 0 saturated carbocycles. The second-order valence-corrected chi connectivity index (χ2v) is 7.47. The molecule has 3 amide bonds. The van der Waals surface area contributed by atoms with E-state index in [-0.39, 0.29) is 37.2 Å². The van der Waals surface area contributed by atoms with E-state index in [1.165, 1.54) is 34.1 Å². The molecule has 2 fully saturated rings. The van der Waals surface area contributed by atoms with Crippen LogP contribution >= 0.6 is 0 Å². The highest BCUT2D eigenvalue weighted by atomic mass is 19.1. The summed E-state index contributed by atoms with van der Waals surface area (Å²) in [4.78, 5) is 43.0. The number of likely N-dealkylation sites (N-methyl/N-ethyl adjacent to an activating group) is 1. The molecule has 8 heteroatoms. The van der Waals surface area contributed by atoms with Crippen molar-refractivity contribution in [3.05, 3.63) is 66.0 Å². The van der Waals surface area contributed by atoms with E-state index in [1.54, 1.807) is 11.9 Å². The minimum Gasteiger partial charge on any atom is -0.410 e. The van der Waals surface area contributed by atoms with Gasteiger partial charge in [0, 0.05) is 26.6 Å². The monoisotopic (exact) mass is 411 g/mol. The largest absolute Gasteiger partial charge is 0.415 e. The molecular formula is C22H22FN3O4. The van der Waals surface area contributed by atoms with Crippen LogP contribution in [0.15, 0.2) is 54.6 Å². The van der Waals surface area contributed by atoms with Crippen LogP contribution < -0.4 is 4.74 Å². The molecule has 0 spiro atoms. The second-order valence-electron chi connectivity index (χ2n) is 7.47. The van der Waals surface area contributed by atoms with Gasteiger partial charge in [0.15, 0.2) is 0 Å². The van der Waals surface area contributed by atoms with E-state index in [9.17, 15) is 18.8 Å². The molecule has 2 saturated heterocycles. The molecule has 2 aromatic rings. The summed E-state index contributed by atoms with van der Waals surface area (Å²) in [7, 11) is 1.63. The summed E-state index contributed by atoms with van der Waals surface area (Å²) in [5.74, 6) is -0.523. The number of benzene rings is 2. The van der Waals surface area contributed by atoms with Crippen LogP contribution in [0.2, 0.25) is 0 Å². The molecule has 2 aliphatic heterocycles. The molecule has 0 N–H and O–H groups in total. The summed E-state index contributed by atoms with van der Waals surface area (Å²) < 4.78 is 18.3. The van der Waals surface area contributed by atoms with Crippen LogP contribution in [-0.4, -0.2) is 71.4 Å². The first-order valence-electron chi connectivity index (χ1n) is 9.77. The van der Waals surface area contributed by atoms with Crippen molar-refractivity contribution in [3.8, 4) is 5.75 Å². The fourth-order valence-electron chi connectivity index (χ4n) is 3.90. The second kappa shape index (κ2) is 8.14. The van der Waals surface area contributed by atoms with Crippen molar-refractivity contribution in [2.45, 2.75) is 18.5 Å². The van der Waals surface area contributed by atoms with Crippen LogP contribution in [-0.2, 0) is 16.0 Å². The number of rotatable bonds is 3. The molecule has 0 aliphatic carbocycles. The highest BCUT2D eigenvalue weighted by Gasteiger charge is 2.47. The van der Waals surface area contributed by atoms with Gasteiger partial charge in [-0.1, -0.05) is 30.3 Å². The average molecular weight is 411 g/mol. The Bertz CT molecular complexity index is 951. The lowest BCUT2D eigenvalue weighted by Gasteiger charge is -2.48. The standard InChI is InChI=1S/C22H22FN3O4/c1-24-18(13-15-5-3-2-4-6-15)21(28)26-12-11-25(14-19(26)20(24)27)22(29)30-17-9-7-16(23)8-10-17/h2-10,18-19H,11-14H2,1H3/t18-,19+/m0/s1. The number of piperazine rings is 2. The zero-order valence-corrected chi connectivity index (χ0v) is 16.5. The molecule has 4 rings (SSSR count). The lowest BCUT2D eigenvalue weighted by Crippen LogP contribution is -2.70. The van der Waals surface area contributed by atoms with Gasteiger partial charge in [-0.25, -0.2) is 9.18 Å². The molecule has 0 bridgehead atoms. The van der Waals surface area contributed by atoms with Crippen LogP contribution in [0.4, 0.5) is 9.18 Å². The Morgan fingerprint density at radius 2 is 1.73 bits per heavy atom. The summed E-state index contributed by atoms with van der Waals surface area (Å²) in [6.45, 7) is 0.581. The lowest BCUT2D eigenvalue weighted by atomic mass is 9.97. The third kappa shape index (κ3) is 3.85. The van der Waals surface area contributed by atoms with E-state index in [2.05, 4.69) is 0 Å². The number of carbonyl (C=O) groups is 3. The van der Waals surface area contributed by atoms with Crippen molar-refractivity contribution in [3.63, 3.8) is 0 Å². The fraction of sp³-hybridized carbons (Fsp3) is 0.318. The Hall–Kier alpha value is -3.42. The van der Waals surface area contributed by atoms with Crippen molar-refractivity contribution in [2.24, 2.45) is 0 Å². The molecule has 156 valence electrons. The molecule has 0 unspecified atom stereocenters. The summed E-state index contributed by atoms with van der Waals surface area (Å²) in [5, 5.41) is 0. The smallest absolute Gasteiger partial charge is 0.410 e. The van der Waals surface area contributed by atoms with Gasteiger partial charge >= 0.3 is 6.09 Å². The van der Waals surface area contributed by atoms with Crippen molar-refractivity contribution < 1.29 is 23.5 Å². The molecule has 2 aliphatic rings. The number of carbonyl (C=O) groups excluding carboxylic acids is 3. The molecule has 2 atom stereocenters. The fourth-order valence-corrected chi connectivity index (χ4v) is 3.90. The summed E-state index contributed by atoms with van der Waals surface area (Å²) in [6, 6.07) is 13.4. The zero-order chi connectivity index (χ0) is 21.3. The number of hydrogen-bond acceptors (Lipinski definition) is 4. The Labute approximate surface area is 173 Å². The van der Waals surface area contributed by atoms with E-state index >= 15 is 0 Å². The van der Waals surface area contributed by atoms with Gasteiger partial charge in [-0.15, -0.1) is 0 Å². The highest BCUT2D eigenvalue weighted by Crippen LogP contribution is 2.24. The molecule has 7 nitrogen and oxygen atoms in total. The molecule has 0 radical (unpaired) electrons. The van der Waals surface area contributed by atoms with Crippen molar-refractivity contribution in [1.29, 1.82) is 0 Å². The quantitative estimate of drug-likeness (QED) is 0.774. The van der Waals surface area contributed by atoms with E-state index in [4.69, 9.17) is 4.74 Å². The van der Waals surface area contributed by atoms with Crippen LogP contribution in [0.25, 0.3) is 0 Å². The summed E-state index contributed by atoms with van der Waals surface area (Å²) in [5.41, 5.74) is 0.982. The van der Waals surface area contributed by atoms with Gasteiger partial charge in [-0.2, -0.15) is 0 Å². The van der Waals surface area contributed by atoms with Gasteiger partial charge in [0.2, 0.25) is 11.8 Å². The molecule has 2 aromatic carbocycles. The van der Waals surface area contributed by atoms with Crippen LogP contribution in [0, 0.1) is 5.82 Å². The average Bonchev–Trinajstić information content (AvgIpc) is 2.77. The van der Waals surface area contributed by atoms with E-state index < -0.39 is 24.0 Å². The molecule has 30 heavy (non-hydrogen) atoms. The van der Waals surface area contributed by atoms with Gasteiger partial charge in [0.05, 0.1) is 6.54 Å². The Balaban J connectivity index is 1.44. The number of amides is 3. The zero-order valence-electron chi connectivity index (χ0n) is 16.5. The summed E-state index contributed by atoms with van der Waals surface area (Å²) >= 11 is 0. The summed E-state index contributed by atoms with van der Waals surface area (Å²) in [6.07, 6.45) is -0.183. The maximum atomic E-state index is 13.1. The third-order valence-corrected chi connectivity index (χ3v) is 5.60. The van der Waals surface area contributed by atoms with E-state index in [0.717, 1.165) is 5.56 Å². The number of ether oxygens (including phenoxy) is 1. The predicted octanol–water partition coefficient (Wildman–Crippen LogP) is 1.92. The van der Waals surface area contributed by atoms with E-state index in [1.807, 2.05) is 30.3 Å². The maximum absolute atomic E-state index is 13.1. The van der Waals surface area contributed by atoms with Gasteiger partial charge < -0.3 is 19.4 Å². The van der Waals surface area contributed by atoms with Gasteiger partial charge in [0.25, 0.3) is 0 Å². The number of fused-ring (bicyclic) bond motifs is 1. The maximum Gasteiger partial charge on any atom is 0.415 e. The minimum atomic E-state index is -0.732.